The summed E-state index contributed by atoms with van der Waals surface area (Å²) in [6.45, 7) is 0. The Labute approximate surface area is 167 Å². The van der Waals surface area contributed by atoms with Crippen molar-refractivity contribution in [2.45, 2.75) is 17.1 Å². The van der Waals surface area contributed by atoms with Gasteiger partial charge in [-0.3, -0.25) is 4.79 Å². The van der Waals surface area contributed by atoms with E-state index in [0.717, 1.165) is 17.6 Å². The summed E-state index contributed by atoms with van der Waals surface area (Å²) in [6, 6.07) is 13.3. The predicted molar refractivity (Wildman–Crippen MR) is 110 cm³/mol. The number of hydrogen-bond donors (Lipinski definition) is 1. The number of anilines is 1. The van der Waals surface area contributed by atoms with Gasteiger partial charge in [0.2, 0.25) is 5.91 Å². The lowest BCUT2D eigenvalue weighted by molar-refractivity contribution is -0.115. The molecule has 0 spiro atoms. The molecule has 3 rings (SSSR count). The predicted octanol–water partition coefficient (Wildman–Crippen LogP) is 2.64. The third-order valence-electron chi connectivity index (χ3n) is 3.90. The summed E-state index contributed by atoms with van der Waals surface area (Å²) in [6.07, 6.45) is 0.938. The molecule has 0 bridgehead atoms. The lowest BCUT2D eigenvalue weighted by Gasteiger charge is -2.04. The van der Waals surface area contributed by atoms with E-state index in [2.05, 4.69) is 10.3 Å². The average Bonchev–Trinajstić information content (AvgIpc) is 3.01. The number of nitrogens with zero attached hydrogens (tertiary/aromatic N) is 1. The van der Waals surface area contributed by atoms with Crippen LogP contribution in [0.25, 0.3) is 10.2 Å². The van der Waals surface area contributed by atoms with Gasteiger partial charge >= 0.3 is 0 Å². The Morgan fingerprint density at radius 1 is 1.07 bits per heavy atom. The van der Waals surface area contributed by atoms with Gasteiger partial charge < -0.3 is 5.32 Å². The number of hydrogen-bond acceptors (Lipinski definition) is 7. The topological polar surface area (TPSA) is 110 Å². The van der Waals surface area contributed by atoms with Gasteiger partial charge in [-0.1, -0.05) is 41.7 Å². The minimum Gasteiger partial charge on any atom is -0.302 e. The van der Waals surface area contributed by atoms with E-state index in [1.807, 2.05) is 0 Å². The van der Waals surface area contributed by atoms with Crippen molar-refractivity contribution >= 4 is 52.3 Å². The molecule has 0 saturated carbocycles. The number of benzene rings is 2. The van der Waals surface area contributed by atoms with Crippen LogP contribution in [0.5, 0.6) is 0 Å². The second-order valence-electron chi connectivity index (χ2n) is 6.30. The normalized spacial score (nSPS) is 12.2. The molecule has 148 valence electrons. The van der Waals surface area contributed by atoms with Crippen molar-refractivity contribution in [3.05, 3.63) is 54.1 Å². The highest BCUT2D eigenvalue weighted by atomic mass is 32.2. The first-order valence-corrected chi connectivity index (χ1v) is 12.8. The van der Waals surface area contributed by atoms with Gasteiger partial charge in [0.25, 0.3) is 0 Å². The molecule has 0 aliphatic carbocycles. The molecular weight excluding hydrogens is 420 g/mol. The molecule has 0 atom stereocenters. The zero-order chi connectivity index (χ0) is 20.4. The number of thiazole rings is 1. The fourth-order valence-corrected chi connectivity index (χ4v) is 5.50. The molecule has 28 heavy (non-hydrogen) atoms. The molecule has 7 nitrogen and oxygen atoms in total. The standard InChI is InChI=1S/C18H18N2O5S3/c1-27(22,23)14-7-8-15-16(11-14)26-18(19-15)20-17(21)9-10-28(24,25)12-13-5-3-2-4-6-13/h2-8,11H,9-10,12H2,1H3,(H,19,20,21). The van der Waals surface area contributed by atoms with Gasteiger partial charge in [-0.2, -0.15) is 0 Å². The van der Waals surface area contributed by atoms with Crippen LogP contribution in [-0.2, 0) is 30.2 Å². The van der Waals surface area contributed by atoms with Gasteiger partial charge in [0.05, 0.1) is 26.6 Å². The number of fused-ring (bicyclic) bond motifs is 1. The van der Waals surface area contributed by atoms with E-state index in [1.54, 1.807) is 36.4 Å². The van der Waals surface area contributed by atoms with E-state index in [0.29, 0.717) is 20.9 Å². The maximum atomic E-state index is 12.2. The largest absolute Gasteiger partial charge is 0.302 e. The van der Waals surface area contributed by atoms with Crippen molar-refractivity contribution in [2.75, 3.05) is 17.3 Å². The van der Waals surface area contributed by atoms with Crippen LogP contribution in [0.4, 0.5) is 5.13 Å². The summed E-state index contributed by atoms with van der Waals surface area (Å²) in [5.74, 6) is -0.841. The van der Waals surface area contributed by atoms with Gasteiger partial charge in [0.15, 0.2) is 24.8 Å². The number of rotatable bonds is 7. The first kappa shape index (κ1) is 20.4. The van der Waals surface area contributed by atoms with E-state index in [1.165, 1.54) is 12.1 Å². The molecule has 1 heterocycles. The summed E-state index contributed by atoms with van der Waals surface area (Å²) >= 11 is 1.13. The van der Waals surface area contributed by atoms with E-state index in [-0.39, 0.29) is 22.8 Å². The number of amides is 1. The van der Waals surface area contributed by atoms with Crippen LogP contribution in [-0.4, -0.2) is 39.7 Å². The zero-order valence-electron chi connectivity index (χ0n) is 15.0. The minimum atomic E-state index is -3.41. The molecule has 0 fully saturated rings. The Morgan fingerprint density at radius 2 is 1.79 bits per heavy atom. The quantitative estimate of drug-likeness (QED) is 0.607. The first-order valence-electron chi connectivity index (χ1n) is 8.27. The Balaban J connectivity index is 1.63. The first-order chi connectivity index (χ1) is 13.1. The summed E-state index contributed by atoms with van der Waals surface area (Å²) in [5, 5.41) is 2.88. The molecule has 1 amide bonds. The molecule has 0 saturated heterocycles. The van der Waals surface area contributed by atoms with Gasteiger partial charge in [0, 0.05) is 12.7 Å². The lowest BCUT2D eigenvalue weighted by atomic mass is 10.2. The molecule has 0 unspecified atom stereocenters. The van der Waals surface area contributed by atoms with Gasteiger partial charge in [0.1, 0.15) is 0 Å². The maximum absolute atomic E-state index is 12.2. The van der Waals surface area contributed by atoms with Gasteiger partial charge in [-0.25, -0.2) is 21.8 Å². The zero-order valence-corrected chi connectivity index (χ0v) is 17.4. The smallest absolute Gasteiger partial charge is 0.227 e. The molecule has 10 heteroatoms. The van der Waals surface area contributed by atoms with Crippen LogP contribution in [0.15, 0.2) is 53.4 Å². The van der Waals surface area contributed by atoms with E-state index < -0.39 is 25.6 Å². The Morgan fingerprint density at radius 3 is 2.46 bits per heavy atom. The number of sulfone groups is 2. The molecule has 0 aliphatic heterocycles. The third-order valence-corrected chi connectivity index (χ3v) is 7.55. The molecule has 0 radical (unpaired) electrons. The number of aromatic nitrogens is 1. The van der Waals surface area contributed by atoms with Crippen molar-refractivity contribution in [3.63, 3.8) is 0 Å². The molecule has 0 aliphatic rings. The third kappa shape index (κ3) is 5.37. The van der Waals surface area contributed by atoms with Crippen molar-refractivity contribution in [1.29, 1.82) is 0 Å². The summed E-state index contributed by atoms with van der Waals surface area (Å²) < 4.78 is 48.2. The summed E-state index contributed by atoms with van der Waals surface area (Å²) in [4.78, 5) is 16.5. The second kappa shape index (κ2) is 7.98. The van der Waals surface area contributed by atoms with E-state index in [4.69, 9.17) is 0 Å². The van der Waals surface area contributed by atoms with Gasteiger partial charge in [-0.05, 0) is 23.8 Å². The highest BCUT2D eigenvalue weighted by Crippen LogP contribution is 2.28. The summed E-state index contributed by atoms with van der Waals surface area (Å²) in [7, 11) is -6.75. The number of carbonyl (C=O) groups excluding carboxylic acids is 1. The number of nitrogens with one attached hydrogen (secondary N) is 1. The van der Waals surface area contributed by atoms with Crippen LogP contribution in [0.1, 0.15) is 12.0 Å². The van der Waals surface area contributed by atoms with Crippen LogP contribution in [0.2, 0.25) is 0 Å². The van der Waals surface area contributed by atoms with Crippen LogP contribution in [0.3, 0.4) is 0 Å². The van der Waals surface area contributed by atoms with E-state index >= 15 is 0 Å². The lowest BCUT2D eigenvalue weighted by Crippen LogP contribution is -2.18. The monoisotopic (exact) mass is 438 g/mol. The van der Waals surface area contributed by atoms with Crippen molar-refractivity contribution < 1.29 is 21.6 Å². The molecular formula is C18H18N2O5S3. The van der Waals surface area contributed by atoms with E-state index in [9.17, 15) is 21.6 Å². The highest BCUT2D eigenvalue weighted by Gasteiger charge is 2.16. The van der Waals surface area contributed by atoms with Crippen LogP contribution >= 0.6 is 11.3 Å². The fourth-order valence-electron chi connectivity index (χ4n) is 2.52. The fraction of sp³-hybridized carbons (Fsp3) is 0.222. The summed E-state index contributed by atoms with van der Waals surface area (Å²) in [5.41, 5.74) is 1.24. The Hall–Kier alpha value is -2.30. The second-order valence-corrected chi connectivity index (χ2v) is 11.5. The maximum Gasteiger partial charge on any atom is 0.227 e. The van der Waals surface area contributed by atoms with Crippen LogP contribution in [0, 0.1) is 0 Å². The van der Waals surface area contributed by atoms with Gasteiger partial charge in [-0.15, -0.1) is 0 Å². The van der Waals surface area contributed by atoms with Crippen molar-refractivity contribution in [1.82, 2.24) is 4.98 Å². The van der Waals surface area contributed by atoms with Crippen LogP contribution < -0.4 is 5.32 Å². The Kier molecular flexibility index (Phi) is 5.82. The molecule has 2 aromatic carbocycles. The highest BCUT2D eigenvalue weighted by molar-refractivity contribution is 7.91. The number of carbonyl (C=O) groups is 1. The SMILES string of the molecule is CS(=O)(=O)c1ccc2nc(NC(=O)CCS(=O)(=O)Cc3ccccc3)sc2c1. The van der Waals surface area contributed by atoms with Crippen molar-refractivity contribution in [2.24, 2.45) is 0 Å². The average molecular weight is 439 g/mol. The minimum absolute atomic E-state index is 0.115. The Bertz CT molecular complexity index is 1220. The molecule has 3 aromatic rings. The molecule has 1 N–H and O–H groups in total. The molecule has 1 aromatic heterocycles. The van der Waals surface area contributed by atoms with Crippen molar-refractivity contribution in [3.8, 4) is 0 Å².